The summed E-state index contributed by atoms with van der Waals surface area (Å²) in [6.07, 6.45) is 1.98. The molecule has 0 spiro atoms. The number of carbonyl (C=O) groups excluding carboxylic acids is 1. The second kappa shape index (κ2) is 11.1. The summed E-state index contributed by atoms with van der Waals surface area (Å²) in [5.74, 6) is -0.0379. The molecule has 2 atom stereocenters. The Hall–Kier alpha value is -1.80. The minimum Gasteiger partial charge on any atom is -0.496 e. The van der Waals surface area contributed by atoms with Crippen LogP contribution in [0, 0.1) is 12.8 Å². The first kappa shape index (κ1) is 25.8. The molecule has 180 valence electrons. The minimum atomic E-state index is -3.68. The van der Waals surface area contributed by atoms with Gasteiger partial charge in [0.25, 0.3) is 0 Å². The molecule has 6 nitrogen and oxygen atoms in total. The largest absolute Gasteiger partial charge is 0.496 e. The topological polar surface area (TPSA) is 75.7 Å². The van der Waals surface area contributed by atoms with Gasteiger partial charge in [0.05, 0.1) is 24.8 Å². The van der Waals surface area contributed by atoms with E-state index < -0.39 is 15.9 Å². The summed E-state index contributed by atoms with van der Waals surface area (Å²) < 4.78 is 32.9. The summed E-state index contributed by atoms with van der Waals surface area (Å²) >= 11 is 12.4. The Morgan fingerprint density at radius 3 is 2.55 bits per heavy atom. The minimum absolute atomic E-state index is 0.133. The molecule has 0 aliphatic carbocycles. The van der Waals surface area contributed by atoms with Crippen LogP contribution in [0.15, 0.2) is 36.4 Å². The van der Waals surface area contributed by atoms with Crippen LogP contribution in [0.3, 0.4) is 0 Å². The highest BCUT2D eigenvalue weighted by atomic mass is 35.5. The number of amides is 1. The van der Waals surface area contributed by atoms with E-state index in [0.717, 1.165) is 23.3 Å². The van der Waals surface area contributed by atoms with Gasteiger partial charge in [0, 0.05) is 28.7 Å². The Kier molecular flexibility index (Phi) is 8.67. The number of hydrogen-bond donors (Lipinski definition) is 1. The van der Waals surface area contributed by atoms with Gasteiger partial charge in [0.15, 0.2) is 0 Å². The Morgan fingerprint density at radius 2 is 1.94 bits per heavy atom. The fourth-order valence-electron chi connectivity index (χ4n) is 4.18. The molecule has 1 fully saturated rings. The molecule has 0 aromatic heterocycles. The Bertz CT molecular complexity index is 1090. The van der Waals surface area contributed by atoms with Crippen LogP contribution in [0.1, 0.15) is 48.9 Å². The maximum Gasteiger partial charge on any atom is 0.224 e. The van der Waals surface area contributed by atoms with Crippen LogP contribution >= 0.6 is 23.2 Å². The van der Waals surface area contributed by atoms with E-state index in [9.17, 15) is 13.2 Å². The number of piperidine rings is 1. The van der Waals surface area contributed by atoms with Gasteiger partial charge in [-0.3, -0.25) is 4.79 Å². The highest BCUT2D eigenvalue weighted by Gasteiger charge is 2.33. The average molecular weight is 513 g/mol. The Morgan fingerprint density at radius 1 is 1.24 bits per heavy atom. The second-order valence-corrected chi connectivity index (χ2v) is 11.1. The molecule has 0 bridgehead atoms. The maximum atomic E-state index is 13.1. The number of benzene rings is 2. The molecule has 2 aromatic carbocycles. The van der Waals surface area contributed by atoms with Crippen LogP contribution in [-0.2, 0) is 20.6 Å². The van der Waals surface area contributed by atoms with Crippen LogP contribution in [0.2, 0.25) is 10.0 Å². The maximum absolute atomic E-state index is 13.1. The number of nitrogens with one attached hydrogen (secondary N) is 1. The molecule has 1 amide bonds. The second-order valence-electron chi connectivity index (χ2n) is 8.35. The van der Waals surface area contributed by atoms with Gasteiger partial charge in [-0.15, -0.1) is 0 Å². The predicted molar refractivity (Wildman–Crippen MR) is 132 cm³/mol. The number of ether oxygens (including phenoxy) is 1. The van der Waals surface area contributed by atoms with E-state index in [0.29, 0.717) is 35.0 Å². The van der Waals surface area contributed by atoms with Crippen LogP contribution in [0.25, 0.3) is 0 Å². The molecule has 1 saturated heterocycles. The van der Waals surface area contributed by atoms with Gasteiger partial charge in [-0.1, -0.05) is 48.3 Å². The third-order valence-corrected chi connectivity index (χ3v) is 8.56. The van der Waals surface area contributed by atoms with E-state index in [-0.39, 0.29) is 24.2 Å². The van der Waals surface area contributed by atoms with Crippen LogP contribution in [-0.4, -0.2) is 38.8 Å². The lowest BCUT2D eigenvalue weighted by atomic mass is 9.96. The molecular weight excluding hydrogens is 483 g/mol. The quantitative estimate of drug-likeness (QED) is 0.532. The van der Waals surface area contributed by atoms with Crippen molar-refractivity contribution in [3.63, 3.8) is 0 Å². The standard InChI is InChI=1S/C24H30Cl2N2O4S/c1-4-22(17-10-11-23(32-3)16(2)13-17)27-24(29)18-7-6-12-28(14-18)33(30,31)15-19-20(25)8-5-9-21(19)26/h5,8-11,13,18,22H,4,6-7,12,14-15H2,1-3H3,(H,27,29)/t18-,22-/m1/s1. The molecule has 1 aliphatic rings. The third kappa shape index (κ3) is 6.21. The smallest absolute Gasteiger partial charge is 0.224 e. The fourth-order valence-corrected chi connectivity index (χ4v) is 6.54. The normalized spacial score (nSPS) is 18.0. The van der Waals surface area contributed by atoms with E-state index in [1.165, 1.54) is 4.31 Å². The number of carbonyl (C=O) groups is 1. The van der Waals surface area contributed by atoms with E-state index in [4.69, 9.17) is 27.9 Å². The summed E-state index contributed by atoms with van der Waals surface area (Å²) in [5.41, 5.74) is 2.38. The molecule has 0 radical (unpaired) electrons. The van der Waals surface area contributed by atoms with Gasteiger partial charge in [0.1, 0.15) is 5.75 Å². The van der Waals surface area contributed by atoms with Crippen molar-refractivity contribution in [1.82, 2.24) is 9.62 Å². The molecule has 3 rings (SSSR count). The first-order chi connectivity index (χ1) is 15.7. The zero-order valence-corrected chi connectivity index (χ0v) is 21.4. The SMILES string of the molecule is CC[C@@H](NC(=O)[C@@H]1CCCN(S(=O)(=O)Cc2c(Cl)cccc2Cl)C1)c1ccc(OC)c(C)c1. The Balaban J connectivity index is 1.70. The number of sulfonamides is 1. The van der Waals surface area contributed by atoms with Crippen LogP contribution < -0.4 is 10.1 Å². The van der Waals surface area contributed by atoms with Crippen molar-refractivity contribution in [3.05, 3.63) is 63.1 Å². The molecule has 1 heterocycles. The molecule has 1 N–H and O–H groups in total. The van der Waals surface area contributed by atoms with Crippen molar-refractivity contribution in [2.45, 2.75) is 44.9 Å². The fraction of sp³-hybridized carbons (Fsp3) is 0.458. The van der Waals surface area contributed by atoms with Gasteiger partial charge in [-0.25, -0.2) is 12.7 Å². The van der Waals surface area contributed by atoms with Crippen LogP contribution in [0.4, 0.5) is 0 Å². The Labute approximate surface area is 206 Å². The van der Waals surface area contributed by atoms with Crippen molar-refractivity contribution < 1.29 is 17.9 Å². The molecule has 9 heteroatoms. The number of nitrogens with zero attached hydrogens (tertiary/aromatic N) is 1. The molecule has 33 heavy (non-hydrogen) atoms. The average Bonchev–Trinajstić information content (AvgIpc) is 2.80. The lowest BCUT2D eigenvalue weighted by Crippen LogP contribution is -2.46. The van der Waals surface area contributed by atoms with Gasteiger partial charge in [0.2, 0.25) is 15.9 Å². The molecule has 0 unspecified atom stereocenters. The summed E-state index contributed by atoms with van der Waals surface area (Å²) in [6.45, 7) is 4.50. The van der Waals surface area contributed by atoms with Crippen molar-refractivity contribution >= 4 is 39.1 Å². The van der Waals surface area contributed by atoms with Crippen molar-refractivity contribution in [1.29, 1.82) is 0 Å². The highest BCUT2D eigenvalue weighted by molar-refractivity contribution is 7.88. The molecule has 2 aromatic rings. The number of halogens is 2. The van der Waals surface area contributed by atoms with Gasteiger partial charge >= 0.3 is 0 Å². The summed E-state index contributed by atoms with van der Waals surface area (Å²) in [4.78, 5) is 13.1. The van der Waals surface area contributed by atoms with Gasteiger partial charge < -0.3 is 10.1 Å². The number of rotatable bonds is 8. The molecule has 0 saturated carbocycles. The van der Waals surface area contributed by atoms with Gasteiger partial charge in [-0.05, 0) is 55.5 Å². The zero-order valence-electron chi connectivity index (χ0n) is 19.1. The third-order valence-electron chi connectivity index (χ3n) is 6.08. The van der Waals surface area contributed by atoms with E-state index in [2.05, 4.69) is 5.32 Å². The number of methoxy groups -OCH3 is 1. The van der Waals surface area contributed by atoms with Crippen LogP contribution in [0.5, 0.6) is 5.75 Å². The molecule has 1 aliphatic heterocycles. The summed E-state index contributed by atoms with van der Waals surface area (Å²) in [7, 11) is -2.05. The van der Waals surface area contributed by atoms with Gasteiger partial charge in [-0.2, -0.15) is 0 Å². The zero-order chi connectivity index (χ0) is 24.2. The summed E-state index contributed by atoms with van der Waals surface area (Å²) in [5, 5.41) is 3.75. The number of aryl methyl sites for hydroxylation is 1. The van der Waals surface area contributed by atoms with Crippen molar-refractivity contribution in [3.8, 4) is 5.75 Å². The first-order valence-corrected chi connectivity index (χ1v) is 13.4. The van der Waals surface area contributed by atoms with E-state index >= 15 is 0 Å². The predicted octanol–water partition coefficient (Wildman–Crippen LogP) is 5.12. The monoisotopic (exact) mass is 512 g/mol. The van der Waals surface area contributed by atoms with Crippen molar-refractivity contribution in [2.75, 3.05) is 20.2 Å². The van der Waals surface area contributed by atoms with Crippen molar-refractivity contribution in [2.24, 2.45) is 5.92 Å². The lowest BCUT2D eigenvalue weighted by molar-refractivity contribution is -0.126. The first-order valence-electron chi connectivity index (χ1n) is 11.0. The van der Waals surface area contributed by atoms with E-state index in [1.807, 2.05) is 32.0 Å². The highest BCUT2D eigenvalue weighted by Crippen LogP contribution is 2.30. The molecular formula is C24H30Cl2N2O4S. The van der Waals surface area contributed by atoms with E-state index in [1.54, 1.807) is 25.3 Å². The summed E-state index contributed by atoms with van der Waals surface area (Å²) in [6, 6.07) is 10.6. The lowest BCUT2D eigenvalue weighted by Gasteiger charge is -2.32. The number of hydrogen-bond acceptors (Lipinski definition) is 4.